The molecule has 3 rings (SSSR count). The minimum Gasteiger partial charge on any atom is -0.325 e. The SMILES string of the molecule is CC1(C)CCCNC1C(=O)Nc1ccc2sccc2c1. The molecular weight excluding hydrogens is 268 g/mol. The van der Waals surface area contributed by atoms with Crippen molar-refractivity contribution in [2.75, 3.05) is 11.9 Å². The number of amides is 1. The van der Waals surface area contributed by atoms with Crippen molar-refractivity contribution in [2.45, 2.75) is 32.7 Å². The lowest BCUT2D eigenvalue weighted by molar-refractivity contribution is -0.121. The molecule has 3 nitrogen and oxygen atoms in total. The summed E-state index contributed by atoms with van der Waals surface area (Å²) >= 11 is 1.72. The molecule has 20 heavy (non-hydrogen) atoms. The van der Waals surface area contributed by atoms with Crippen molar-refractivity contribution < 1.29 is 4.79 Å². The van der Waals surface area contributed by atoms with E-state index in [1.807, 2.05) is 12.1 Å². The smallest absolute Gasteiger partial charge is 0.242 e. The summed E-state index contributed by atoms with van der Waals surface area (Å²) in [6, 6.07) is 8.05. The van der Waals surface area contributed by atoms with Crippen LogP contribution >= 0.6 is 11.3 Å². The molecule has 4 heteroatoms. The van der Waals surface area contributed by atoms with E-state index >= 15 is 0 Å². The summed E-state index contributed by atoms with van der Waals surface area (Å²) < 4.78 is 1.25. The van der Waals surface area contributed by atoms with Crippen molar-refractivity contribution in [1.82, 2.24) is 5.32 Å². The molecule has 2 heterocycles. The van der Waals surface area contributed by atoms with Crippen LogP contribution in [0, 0.1) is 5.41 Å². The van der Waals surface area contributed by atoms with Crippen LogP contribution in [0.2, 0.25) is 0 Å². The van der Waals surface area contributed by atoms with Crippen LogP contribution in [-0.2, 0) is 4.79 Å². The minimum atomic E-state index is -0.116. The Labute approximate surface area is 123 Å². The van der Waals surface area contributed by atoms with Gasteiger partial charge >= 0.3 is 0 Å². The zero-order valence-corrected chi connectivity index (χ0v) is 12.7. The molecule has 1 aliphatic rings. The van der Waals surface area contributed by atoms with Gasteiger partial charge in [0.2, 0.25) is 5.91 Å². The predicted molar refractivity (Wildman–Crippen MR) is 85.3 cm³/mol. The van der Waals surface area contributed by atoms with Gasteiger partial charge in [-0.1, -0.05) is 13.8 Å². The van der Waals surface area contributed by atoms with Gasteiger partial charge in [0.1, 0.15) is 0 Å². The number of benzene rings is 1. The van der Waals surface area contributed by atoms with Crippen LogP contribution in [0.3, 0.4) is 0 Å². The zero-order chi connectivity index (χ0) is 14.2. The molecule has 1 aromatic carbocycles. The Balaban J connectivity index is 1.77. The van der Waals surface area contributed by atoms with Gasteiger partial charge in [-0.25, -0.2) is 0 Å². The number of hydrogen-bond donors (Lipinski definition) is 2. The fourth-order valence-corrected chi connectivity index (χ4v) is 3.69. The van der Waals surface area contributed by atoms with Gasteiger partial charge in [-0.05, 0) is 59.8 Å². The summed E-state index contributed by atoms with van der Waals surface area (Å²) in [4.78, 5) is 12.5. The Hall–Kier alpha value is -1.39. The lowest BCUT2D eigenvalue weighted by Gasteiger charge is -2.38. The van der Waals surface area contributed by atoms with Crippen molar-refractivity contribution in [3.05, 3.63) is 29.6 Å². The number of hydrogen-bond acceptors (Lipinski definition) is 3. The fraction of sp³-hybridized carbons (Fsp3) is 0.438. The third-order valence-electron chi connectivity index (χ3n) is 4.11. The van der Waals surface area contributed by atoms with Crippen molar-refractivity contribution in [1.29, 1.82) is 0 Å². The van der Waals surface area contributed by atoms with Gasteiger partial charge in [-0.15, -0.1) is 11.3 Å². The summed E-state index contributed by atoms with van der Waals surface area (Å²) in [6.45, 7) is 5.24. The topological polar surface area (TPSA) is 41.1 Å². The average Bonchev–Trinajstić information content (AvgIpc) is 2.85. The fourth-order valence-electron chi connectivity index (χ4n) is 2.92. The Kier molecular flexibility index (Phi) is 3.52. The van der Waals surface area contributed by atoms with Crippen molar-refractivity contribution in [3.8, 4) is 0 Å². The predicted octanol–water partition coefficient (Wildman–Crippen LogP) is 3.62. The number of anilines is 1. The number of fused-ring (bicyclic) bond motifs is 1. The third-order valence-corrected chi connectivity index (χ3v) is 5.01. The largest absolute Gasteiger partial charge is 0.325 e. The highest BCUT2D eigenvalue weighted by Gasteiger charge is 2.37. The van der Waals surface area contributed by atoms with Gasteiger partial charge in [-0.2, -0.15) is 0 Å². The molecule has 2 aromatic rings. The van der Waals surface area contributed by atoms with Crippen molar-refractivity contribution >= 4 is 33.0 Å². The van der Waals surface area contributed by atoms with E-state index in [0.717, 1.165) is 25.1 Å². The Bertz CT molecular complexity index is 632. The molecule has 1 atom stereocenters. The monoisotopic (exact) mass is 288 g/mol. The summed E-state index contributed by atoms with van der Waals surface area (Å²) in [5, 5.41) is 9.66. The maximum absolute atomic E-state index is 12.5. The molecule has 106 valence electrons. The second kappa shape index (κ2) is 5.19. The van der Waals surface area contributed by atoms with Crippen molar-refractivity contribution in [2.24, 2.45) is 5.41 Å². The molecule has 1 fully saturated rings. The molecule has 1 aromatic heterocycles. The third kappa shape index (κ3) is 2.58. The number of piperidine rings is 1. The molecule has 1 amide bonds. The van der Waals surface area contributed by atoms with E-state index in [2.05, 4.69) is 42.0 Å². The second-order valence-corrected chi connectivity index (χ2v) is 7.09. The Morgan fingerprint density at radius 1 is 1.40 bits per heavy atom. The van der Waals surface area contributed by atoms with E-state index in [1.165, 1.54) is 10.1 Å². The molecule has 0 aliphatic carbocycles. The molecule has 1 saturated heterocycles. The maximum Gasteiger partial charge on any atom is 0.242 e. The van der Waals surface area contributed by atoms with E-state index < -0.39 is 0 Å². The van der Waals surface area contributed by atoms with Gasteiger partial charge in [-0.3, -0.25) is 4.79 Å². The van der Waals surface area contributed by atoms with E-state index in [0.29, 0.717) is 0 Å². The first-order valence-corrected chi connectivity index (χ1v) is 7.96. The average molecular weight is 288 g/mol. The Morgan fingerprint density at radius 2 is 2.25 bits per heavy atom. The van der Waals surface area contributed by atoms with Gasteiger partial charge in [0.15, 0.2) is 0 Å². The van der Waals surface area contributed by atoms with Gasteiger partial charge in [0.05, 0.1) is 6.04 Å². The number of carbonyl (C=O) groups is 1. The van der Waals surface area contributed by atoms with Crippen LogP contribution in [0.25, 0.3) is 10.1 Å². The lowest BCUT2D eigenvalue weighted by atomic mass is 9.77. The quantitative estimate of drug-likeness (QED) is 0.886. The highest BCUT2D eigenvalue weighted by Crippen LogP contribution is 2.31. The van der Waals surface area contributed by atoms with Gasteiger partial charge in [0, 0.05) is 10.4 Å². The molecule has 0 spiro atoms. The van der Waals surface area contributed by atoms with Crippen LogP contribution in [0.5, 0.6) is 0 Å². The Morgan fingerprint density at radius 3 is 3.05 bits per heavy atom. The van der Waals surface area contributed by atoms with Crippen LogP contribution in [0.4, 0.5) is 5.69 Å². The minimum absolute atomic E-state index is 0.00875. The second-order valence-electron chi connectivity index (χ2n) is 6.14. The molecule has 1 aliphatic heterocycles. The summed E-state index contributed by atoms with van der Waals surface area (Å²) in [7, 11) is 0. The highest BCUT2D eigenvalue weighted by atomic mass is 32.1. The number of carbonyl (C=O) groups excluding carboxylic acids is 1. The van der Waals surface area contributed by atoms with Crippen LogP contribution in [0.1, 0.15) is 26.7 Å². The zero-order valence-electron chi connectivity index (χ0n) is 11.9. The van der Waals surface area contributed by atoms with Gasteiger partial charge in [0.25, 0.3) is 0 Å². The first kappa shape index (κ1) is 13.6. The number of thiophene rings is 1. The molecule has 1 unspecified atom stereocenters. The van der Waals surface area contributed by atoms with Crippen LogP contribution in [-0.4, -0.2) is 18.5 Å². The van der Waals surface area contributed by atoms with E-state index in [1.54, 1.807) is 11.3 Å². The van der Waals surface area contributed by atoms with E-state index in [9.17, 15) is 4.79 Å². The summed E-state index contributed by atoms with van der Waals surface area (Å²) in [6.07, 6.45) is 2.22. The first-order valence-electron chi connectivity index (χ1n) is 7.08. The first-order chi connectivity index (χ1) is 9.56. The van der Waals surface area contributed by atoms with Crippen molar-refractivity contribution in [3.63, 3.8) is 0 Å². The summed E-state index contributed by atoms with van der Waals surface area (Å²) in [5.74, 6) is 0.0734. The standard InChI is InChI=1S/C16H20N2OS/c1-16(2)7-3-8-17-14(16)15(19)18-12-4-5-13-11(10-12)6-9-20-13/h4-6,9-10,14,17H,3,7-8H2,1-2H3,(H,18,19). The molecule has 0 bridgehead atoms. The number of nitrogens with one attached hydrogen (secondary N) is 2. The van der Waals surface area contributed by atoms with E-state index in [4.69, 9.17) is 0 Å². The summed E-state index contributed by atoms with van der Waals surface area (Å²) in [5.41, 5.74) is 0.888. The van der Waals surface area contributed by atoms with E-state index in [-0.39, 0.29) is 17.4 Å². The van der Waals surface area contributed by atoms with Gasteiger partial charge < -0.3 is 10.6 Å². The molecule has 0 radical (unpaired) electrons. The van der Waals surface area contributed by atoms with Crippen LogP contribution in [0.15, 0.2) is 29.6 Å². The number of rotatable bonds is 2. The maximum atomic E-state index is 12.5. The molecule has 2 N–H and O–H groups in total. The normalized spacial score (nSPS) is 21.8. The highest BCUT2D eigenvalue weighted by molar-refractivity contribution is 7.17. The molecule has 0 saturated carbocycles. The molecular formula is C16H20N2OS. The lowest BCUT2D eigenvalue weighted by Crippen LogP contribution is -2.53. The van der Waals surface area contributed by atoms with Crippen LogP contribution < -0.4 is 10.6 Å².